The predicted molar refractivity (Wildman–Crippen MR) is 70.4 cm³/mol. The summed E-state index contributed by atoms with van der Waals surface area (Å²) in [4.78, 5) is 37.2. The number of fused-ring (bicyclic) bond motifs is 1. The van der Waals surface area contributed by atoms with Gasteiger partial charge in [0.05, 0.1) is 17.0 Å². The first-order valence-corrected chi connectivity index (χ1v) is 6.25. The minimum Gasteiger partial charge on any atom is -0.478 e. The minimum atomic E-state index is -1.02. The summed E-state index contributed by atoms with van der Waals surface area (Å²) in [5, 5.41) is 12.0. The third-order valence-corrected chi connectivity index (χ3v) is 3.59. The number of benzene rings is 1. The molecule has 1 saturated heterocycles. The molecule has 0 spiro atoms. The van der Waals surface area contributed by atoms with E-state index in [1.165, 1.54) is 6.20 Å². The first kappa shape index (κ1) is 12.4. The maximum Gasteiger partial charge on any atom is 0.337 e. The van der Waals surface area contributed by atoms with Gasteiger partial charge in [-0.25, -0.2) is 4.79 Å². The van der Waals surface area contributed by atoms with Gasteiger partial charge in [0.15, 0.2) is 0 Å². The Morgan fingerprint density at radius 1 is 1.30 bits per heavy atom. The molecule has 0 radical (unpaired) electrons. The van der Waals surface area contributed by atoms with E-state index in [9.17, 15) is 14.4 Å². The molecule has 102 valence electrons. The van der Waals surface area contributed by atoms with E-state index < -0.39 is 11.9 Å². The van der Waals surface area contributed by atoms with Crippen molar-refractivity contribution in [2.75, 3.05) is 0 Å². The van der Waals surface area contributed by atoms with Crippen LogP contribution >= 0.6 is 0 Å². The molecule has 1 atom stereocenters. The number of aromatic carboxylic acids is 1. The lowest BCUT2D eigenvalue weighted by Gasteiger charge is -2.21. The fourth-order valence-corrected chi connectivity index (χ4v) is 2.64. The molecule has 0 saturated carbocycles. The van der Waals surface area contributed by atoms with E-state index in [1.54, 1.807) is 18.2 Å². The highest BCUT2D eigenvalue weighted by Crippen LogP contribution is 2.31. The summed E-state index contributed by atoms with van der Waals surface area (Å²) < 4.78 is 0. The lowest BCUT2D eigenvalue weighted by atomic mass is 9.89. The molecular weight excluding hydrogens is 260 g/mol. The third-order valence-electron chi connectivity index (χ3n) is 3.59. The second-order valence-corrected chi connectivity index (χ2v) is 4.78. The summed E-state index contributed by atoms with van der Waals surface area (Å²) in [6, 6.07) is 5.21. The monoisotopic (exact) mass is 272 g/mol. The van der Waals surface area contributed by atoms with Crippen molar-refractivity contribution in [2.45, 2.75) is 18.8 Å². The Hall–Kier alpha value is -2.63. The fourth-order valence-electron chi connectivity index (χ4n) is 2.64. The summed E-state index contributed by atoms with van der Waals surface area (Å²) >= 11 is 0. The number of carboxylic acids is 1. The maximum absolute atomic E-state index is 11.9. The Morgan fingerprint density at radius 2 is 2.10 bits per heavy atom. The van der Waals surface area contributed by atoms with E-state index in [1.807, 2.05) is 0 Å². The molecule has 1 unspecified atom stereocenters. The topological polar surface area (TPSA) is 99.3 Å². The SMILES string of the molecule is O=C1CCC(c2cccc3c(C(=O)O)c[nH]c23)C(=O)N1. The smallest absolute Gasteiger partial charge is 0.337 e. The number of imide groups is 1. The van der Waals surface area contributed by atoms with E-state index in [-0.39, 0.29) is 17.4 Å². The van der Waals surface area contributed by atoms with Crippen LogP contribution in [-0.4, -0.2) is 27.9 Å². The first-order chi connectivity index (χ1) is 9.58. The number of rotatable bonds is 2. The van der Waals surface area contributed by atoms with Gasteiger partial charge < -0.3 is 10.1 Å². The van der Waals surface area contributed by atoms with E-state index >= 15 is 0 Å². The molecule has 1 aromatic heterocycles. The van der Waals surface area contributed by atoms with Crippen molar-refractivity contribution in [3.63, 3.8) is 0 Å². The molecule has 1 aliphatic heterocycles. The lowest BCUT2D eigenvalue weighted by Crippen LogP contribution is -2.39. The Kier molecular flexibility index (Phi) is 2.78. The average molecular weight is 272 g/mol. The number of aromatic amines is 1. The number of aromatic nitrogens is 1. The number of para-hydroxylation sites is 1. The molecule has 2 amide bonds. The van der Waals surface area contributed by atoms with Gasteiger partial charge in [-0.05, 0) is 12.0 Å². The van der Waals surface area contributed by atoms with E-state index in [4.69, 9.17) is 5.11 Å². The molecule has 3 N–H and O–H groups in total. The van der Waals surface area contributed by atoms with Crippen LogP contribution < -0.4 is 5.32 Å². The molecule has 20 heavy (non-hydrogen) atoms. The summed E-state index contributed by atoms with van der Waals surface area (Å²) in [5.74, 6) is -2.05. The zero-order valence-corrected chi connectivity index (χ0v) is 10.5. The van der Waals surface area contributed by atoms with Crippen molar-refractivity contribution in [1.29, 1.82) is 0 Å². The highest BCUT2D eigenvalue weighted by atomic mass is 16.4. The molecule has 0 aliphatic carbocycles. The van der Waals surface area contributed by atoms with Gasteiger partial charge in [-0.3, -0.25) is 14.9 Å². The molecule has 2 heterocycles. The largest absolute Gasteiger partial charge is 0.478 e. The summed E-state index contributed by atoms with van der Waals surface area (Å²) in [5.41, 5.74) is 1.54. The molecule has 0 bridgehead atoms. The fraction of sp³-hybridized carbons (Fsp3) is 0.214. The van der Waals surface area contributed by atoms with Crippen molar-refractivity contribution in [2.24, 2.45) is 0 Å². The normalized spacial score (nSPS) is 19.1. The quantitative estimate of drug-likeness (QED) is 0.719. The molecule has 6 nitrogen and oxygen atoms in total. The molecule has 1 fully saturated rings. The average Bonchev–Trinajstić information content (AvgIpc) is 2.82. The zero-order valence-electron chi connectivity index (χ0n) is 10.5. The number of carbonyl (C=O) groups is 3. The van der Waals surface area contributed by atoms with Crippen molar-refractivity contribution in [3.05, 3.63) is 35.5 Å². The summed E-state index contributed by atoms with van der Waals surface area (Å²) in [6.07, 6.45) is 2.15. The number of carbonyl (C=O) groups excluding carboxylic acids is 2. The number of H-pyrrole nitrogens is 1. The highest BCUT2D eigenvalue weighted by Gasteiger charge is 2.29. The van der Waals surface area contributed by atoms with Crippen LogP contribution in [0.1, 0.15) is 34.7 Å². The minimum absolute atomic E-state index is 0.175. The Bertz CT molecular complexity index is 732. The van der Waals surface area contributed by atoms with Crippen molar-refractivity contribution in [3.8, 4) is 0 Å². The Labute approximate surface area is 113 Å². The number of piperidine rings is 1. The van der Waals surface area contributed by atoms with E-state index in [0.717, 1.165) is 5.56 Å². The van der Waals surface area contributed by atoms with Crippen molar-refractivity contribution >= 4 is 28.7 Å². The molecular formula is C14H12N2O4. The second kappa shape index (κ2) is 4.48. The van der Waals surface area contributed by atoms with Gasteiger partial charge >= 0.3 is 5.97 Å². The number of hydrogen-bond acceptors (Lipinski definition) is 3. The van der Waals surface area contributed by atoms with Gasteiger partial charge in [0.2, 0.25) is 11.8 Å². The van der Waals surface area contributed by atoms with Gasteiger partial charge in [0.1, 0.15) is 0 Å². The van der Waals surface area contributed by atoms with Crippen LogP contribution in [0.3, 0.4) is 0 Å². The molecule has 6 heteroatoms. The van der Waals surface area contributed by atoms with Gasteiger partial charge in [-0.15, -0.1) is 0 Å². The predicted octanol–water partition coefficient (Wildman–Crippen LogP) is 1.39. The Morgan fingerprint density at radius 3 is 2.80 bits per heavy atom. The van der Waals surface area contributed by atoms with Crippen LogP contribution in [0, 0.1) is 0 Å². The van der Waals surface area contributed by atoms with Crippen LogP contribution in [0.2, 0.25) is 0 Å². The molecule has 1 aliphatic rings. The number of amides is 2. The molecule has 2 aromatic rings. The van der Waals surface area contributed by atoms with Crippen LogP contribution in [0.4, 0.5) is 0 Å². The first-order valence-electron chi connectivity index (χ1n) is 6.25. The van der Waals surface area contributed by atoms with Crippen molar-refractivity contribution < 1.29 is 19.5 Å². The lowest BCUT2D eigenvalue weighted by molar-refractivity contribution is -0.134. The van der Waals surface area contributed by atoms with Crippen LogP contribution in [0.15, 0.2) is 24.4 Å². The number of nitrogens with one attached hydrogen (secondary N) is 2. The van der Waals surface area contributed by atoms with E-state index in [2.05, 4.69) is 10.3 Å². The van der Waals surface area contributed by atoms with Crippen LogP contribution in [-0.2, 0) is 9.59 Å². The second-order valence-electron chi connectivity index (χ2n) is 4.78. The summed E-state index contributed by atoms with van der Waals surface area (Å²) in [6.45, 7) is 0. The summed E-state index contributed by atoms with van der Waals surface area (Å²) in [7, 11) is 0. The van der Waals surface area contributed by atoms with Gasteiger partial charge in [0.25, 0.3) is 0 Å². The zero-order chi connectivity index (χ0) is 14.3. The van der Waals surface area contributed by atoms with Crippen LogP contribution in [0.5, 0.6) is 0 Å². The van der Waals surface area contributed by atoms with Crippen molar-refractivity contribution in [1.82, 2.24) is 10.3 Å². The number of carboxylic acid groups (broad SMARTS) is 1. The third kappa shape index (κ3) is 1.85. The van der Waals surface area contributed by atoms with Gasteiger partial charge in [-0.2, -0.15) is 0 Å². The maximum atomic E-state index is 11.9. The molecule has 3 rings (SSSR count). The van der Waals surface area contributed by atoms with Crippen LogP contribution in [0.25, 0.3) is 10.9 Å². The van der Waals surface area contributed by atoms with Gasteiger partial charge in [-0.1, -0.05) is 18.2 Å². The number of hydrogen-bond donors (Lipinski definition) is 3. The highest BCUT2D eigenvalue weighted by molar-refractivity contribution is 6.06. The van der Waals surface area contributed by atoms with Gasteiger partial charge in [0, 0.05) is 18.0 Å². The molecule has 1 aromatic carbocycles. The Balaban J connectivity index is 2.10. The van der Waals surface area contributed by atoms with E-state index in [0.29, 0.717) is 23.7 Å². The standard InChI is InChI=1S/C14H12N2O4/c17-11-5-4-9(13(18)16-11)7-2-1-3-8-10(14(19)20)6-15-12(7)8/h1-3,6,9,15H,4-5H2,(H,19,20)(H,16,17,18).